The molecule has 0 aliphatic rings. The number of rotatable bonds is 5. The van der Waals surface area contributed by atoms with Crippen LogP contribution in [0.2, 0.25) is 0 Å². The smallest absolute Gasteiger partial charge is 0.120 e. The first-order valence-corrected chi connectivity index (χ1v) is 5.45. The Labute approximate surface area is 86.3 Å². The second-order valence-electron chi connectivity index (χ2n) is 3.80. The Bertz CT molecular complexity index is 278. The normalized spacial score (nSPS) is 13.1. The summed E-state index contributed by atoms with van der Waals surface area (Å²) in [6.45, 7) is 9.43. The molecule has 0 fully saturated rings. The van der Waals surface area contributed by atoms with Crippen LogP contribution in [-0.4, -0.2) is 16.0 Å². The van der Waals surface area contributed by atoms with E-state index >= 15 is 0 Å². The molecule has 0 aliphatic heterocycles. The number of imidazole rings is 1. The SMILES string of the molecule is CCc1nc(CNC(C)CC)[nH]c1C. The highest BCUT2D eigenvalue weighted by Gasteiger charge is 2.05. The summed E-state index contributed by atoms with van der Waals surface area (Å²) in [5, 5.41) is 3.42. The number of hydrogen-bond acceptors (Lipinski definition) is 2. The van der Waals surface area contributed by atoms with Gasteiger partial charge in [-0.25, -0.2) is 4.98 Å². The van der Waals surface area contributed by atoms with Gasteiger partial charge in [-0.05, 0) is 26.7 Å². The molecule has 1 aromatic heterocycles. The number of aromatic nitrogens is 2. The molecular formula is C11H21N3. The van der Waals surface area contributed by atoms with E-state index < -0.39 is 0 Å². The Hall–Kier alpha value is -0.830. The maximum atomic E-state index is 4.52. The zero-order chi connectivity index (χ0) is 10.6. The van der Waals surface area contributed by atoms with Gasteiger partial charge >= 0.3 is 0 Å². The van der Waals surface area contributed by atoms with Crippen LogP contribution in [-0.2, 0) is 13.0 Å². The van der Waals surface area contributed by atoms with E-state index in [1.165, 1.54) is 11.4 Å². The van der Waals surface area contributed by atoms with Gasteiger partial charge in [0.2, 0.25) is 0 Å². The van der Waals surface area contributed by atoms with E-state index in [9.17, 15) is 0 Å². The van der Waals surface area contributed by atoms with Gasteiger partial charge in [0.25, 0.3) is 0 Å². The van der Waals surface area contributed by atoms with Crippen LogP contribution in [0.1, 0.15) is 44.4 Å². The fourth-order valence-electron chi connectivity index (χ4n) is 1.41. The minimum absolute atomic E-state index is 0.561. The third-order valence-electron chi connectivity index (χ3n) is 2.60. The number of nitrogens with zero attached hydrogens (tertiary/aromatic N) is 1. The predicted molar refractivity (Wildman–Crippen MR) is 59.3 cm³/mol. The molecule has 1 rings (SSSR count). The zero-order valence-electron chi connectivity index (χ0n) is 9.65. The second-order valence-corrected chi connectivity index (χ2v) is 3.80. The lowest BCUT2D eigenvalue weighted by Gasteiger charge is -2.08. The highest BCUT2D eigenvalue weighted by atomic mass is 15.0. The van der Waals surface area contributed by atoms with Crippen molar-refractivity contribution in [2.24, 2.45) is 0 Å². The van der Waals surface area contributed by atoms with Gasteiger partial charge in [-0.2, -0.15) is 0 Å². The number of aromatic amines is 1. The van der Waals surface area contributed by atoms with Crippen molar-refractivity contribution in [3.8, 4) is 0 Å². The first-order chi connectivity index (χ1) is 6.67. The van der Waals surface area contributed by atoms with E-state index in [1.54, 1.807) is 0 Å². The molecule has 0 aliphatic carbocycles. The highest BCUT2D eigenvalue weighted by Crippen LogP contribution is 2.05. The van der Waals surface area contributed by atoms with E-state index in [1.807, 2.05) is 0 Å². The molecule has 2 N–H and O–H groups in total. The molecule has 3 nitrogen and oxygen atoms in total. The van der Waals surface area contributed by atoms with Crippen LogP contribution in [0.4, 0.5) is 0 Å². The first-order valence-electron chi connectivity index (χ1n) is 5.45. The molecule has 80 valence electrons. The van der Waals surface area contributed by atoms with Crippen molar-refractivity contribution in [3.63, 3.8) is 0 Å². The van der Waals surface area contributed by atoms with Crippen LogP contribution in [0.5, 0.6) is 0 Å². The van der Waals surface area contributed by atoms with E-state index in [0.717, 1.165) is 25.2 Å². The maximum absolute atomic E-state index is 4.52. The minimum atomic E-state index is 0.561. The highest BCUT2D eigenvalue weighted by molar-refractivity contribution is 5.12. The van der Waals surface area contributed by atoms with E-state index in [4.69, 9.17) is 0 Å². The average Bonchev–Trinajstić information content (AvgIpc) is 2.55. The van der Waals surface area contributed by atoms with Crippen molar-refractivity contribution in [1.29, 1.82) is 0 Å². The summed E-state index contributed by atoms with van der Waals surface area (Å²) in [5.41, 5.74) is 2.39. The van der Waals surface area contributed by atoms with Crippen LogP contribution >= 0.6 is 0 Å². The molecule has 1 heterocycles. The molecule has 1 aromatic rings. The van der Waals surface area contributed by atoms with Crippen molar-refractivity contribution in [3.05, 3.63) is 17.2 Å². The Morgan fingerprint density at radius 1 is 1.43 bits per heavy atom. The number of aryl methyl sites for hydroxylation is 2. The Kier molecular flexibility index (Phi) is 4.14. The molecule has 3 heteroatoms. The standard InChI is InChI=1S/C11H21N3/c1-5-8(3)12-7-11-13-9(4)10(6-2)14-11/h8,12H,5-7H2,1-4H3,(H,13,14). The minimum Gasteiger partial charge on any atom is -0.345 e. The van der Waals surface area contributed by atoms with Gasteiger partial charge in [-0.3, -0.25) is 0 Å². The van der Waals surface area contributed by atoms with Gasteiger partial charge < -0.3 is 10.3 Å². The number of H-pyrrole nitrogens is 1. The molecule has 1 unspecified atom stereocenters. The third-order valence-corrected chi connectivity index (χ3v) is 2.60. The van der Waals surface area contributed by atoms with Crippen LogP contribution in [0.15, 0.2) is 0 Å². The summed E-state index contributed by atoms with van der Waals surface area (Å²) in [4.78, 5) is 7.82. The lowest BCUT2D eigenvalue weighted by molar-refractivity contribution is 0.524. The summed E-state index contributed by atoms with van der Waals surface area (Å²) in [6.07, 6.45) is 2.16. The molecule has 0 aromatic carbocycles. The van der Waals surface area contributed by atoms with Gasteiger partial charge in [0.05, 0.1) is 12.2 Å². The lowest BCUT2D eigenvalue weighted by Crippen LogP contribution is -2.24. The Morgan fingerprint density at radius 3 is 2.64 bits per heavy atom. The average molecular weight is 195 g/mol. The molecule has 1 atom stereocenters. The first kappa shape index (κ1) is 11.2. The van der Waals surface area contributed by atoms with Gasteiger partial charge in [0.1, 0.15) is 5.82 Å². The summed E-state index contributed by atoms with van der Waals surface area (Å²) in [6, 6.07) is 0.561. The van der Waals surface area contributed by atoms with E-state index in [2.05, 4.69) is 43.0 Å². The topological polar surface area (TPSA) is 40.7 Å². The van der Waals surface area contributed by atoms with Crippen molar-refractivity contribution in [1.82, 2.24) is 15.3 Å². The van der Waals surface area contributed by atoms with Gasteiger partial charge in [0.15, 0.2) is 0 Å². The maximum Gasteiger partial charge on any atom is 0.120 e. The Morgan fingerprint density at radius 2 is 2.14 bits per heavy atom. The fourth-order valence-corrected chi connectivity index (χ4v) is 1.41. The molecule has 14 heavy (non-hydrogen) atoms. The van der Waals surface area contributed by atoms with Gasteiger partial charge in [0, 0.05) is 11.7 Å². The number of nitrogens with one attached hydrogen (secondary N) is 2. The van der Waals surface area contributed by atoms with E-state index in [0.29, 0.717) is 6.04 Å². The zero-order valence-corrected chi connectivity index (χ0v) is 9.65. The molecule has 0 saturated heterocycles. The summed E-state index contributed by atoms with van der Waals surface area (Å²) < 4.78 is 0. The second kappa shape index (κ2) is 5.15. The number of hydrogen-bond donors (Lipinski definition) is 2. The predicted octanol–water partition coefficient (Wildman–Crippen LogP) is 2.17. The third kappa shape index (κ3) is 2.84. The van der Waals surface area contributed by atoms with Crippen molar-refractivity contribution in [2.75, 3.05) is 0 Å². The van der Waals surface area contributed by atoms with Crippen molar-refractivity contribution < 1.29 is 0 Å². The van der Waals surface area contributed by atoms with Gasteiger partial charge in [-0.15, -0.1) is 0 Å². The van der Waals surface area contributed by atoms with Crippen LogP contribution in [0, 0.1) is 6.92 Å². The quantitative estimate of drug-likeness (QED) is 0.756. The fraction of sp³-hybridized carbons (Fsp3) is 0.727. The monoisotopic (exact) mass is 195 g/mol. The van der Waals surface area contributed by atoms with Crippen molar-refractivity contribution >= 4 is 0 Å². The Balaban J connectivity index is 2.51. The van der Waals surface area contributed by atoms with Crippen LogP contribution in [0.3, 0.4) is 0 Å². The summed E-state index contributed by atoms with van der Waals surface area (Å²) in [7, 11) is 0. The summed E-state index contributed by atoms with van der Waals surface area (Å²) >= 11 is 0. The van der Waals surface area contributed by atoms with E-state index in [-0.39, 0.29) is 0 Å². The lowest BCUT2D eigenvalue weighted by atomic mass is 10.2. The molecule has 0 spiro atoms. The van der Waals surface area contributed by atoms with Crippen molar-refractivity contribution in [2.45, 2.75) is 53.1 Å². The van der Waals surface area contributed by atoms with Crippen LogP contribution < -0.4 is 5.32 Å². The molecular weight excluding hydrogens is 174 g/mol. The molecule has 0 amide bonds. The molecule has 0 radical (unpaired) electrons. The van der Waals surface area contributed by atoms with Gasteiger partial charge in [-0.1, -0.05) is 13.8 Å². The summed E-state index contributed by atoms with van der Waals surface area (Å²) in [5.74, 6) is 1.06. The largest absolute Gasteiger partial charge is 0.345 e. The molecule has 0 saturated carbocycles. The van der Waals surface area contributed by atoms with Crippen LogP contribution in [0.25, 0.3) is 0 Å². The molecule has 0 bridgehead atoms.